The summed E-state index contributed by atoms with van der Waals surface area (Å²) >= 11 is 0. The maximum absolute atomic E-state index is 11.5. The van der Waals surface area contributed by atoms with Crippen LogP contribution in [0.3, 0.4) is 0 Å². The monoisotopic (exact) mass is 229 g/mol. The van der Waals surface area contributed by atoms with Crippen LogP contribution in [0.1, 0.15) is 33.6 Å². The molecule has 0 fully saturated rings. The van der Waals surface area contributed by atoms with Crippen LogP contribution < -0.4 is 5.32 Å². The first kappa shape index (κ1) is 14.6. The number of carboxylic acids is 1. The second-order valence-electron chi connectivity index (χ2n) is 4.15. The molecule has 0 radical (unpaired) electrons. The zero-order chi connectivity index (χ0) is 12.7. The van der Waals surface area contributed by atoms with E-state index < -0.39 is 17.7 Å². The van der Waals surface area contributed by atoms with E-state index in [2.05, 4.69) is 5.32 Å². The summed E-state index contributed by atoms with van der Waals surface area (Å²) in [7, 11) is 0. The van der Waals surface area contributed by atoms with E-state index in [9.17, 15) is 14.4 Å². The number of amides is 1. The topological polar surface area (TPSA) is 83.5 Å². The molecule has 0 heterocycles. The maximum atomic E-state index is 11.5. The van der Waals surface area contributed by atoms with Crippen LogP contribution in [0, 0.1) is 11.8 Å². The normalized spacial score (nSPS) is 12.2. The summed E-state index contributed by atoms with van der Waals surface area (Å²) in [6.07, 6.45) is 0.332. The minimum atomic E-state index is -0.906. The summed E-state index contributed by atoms with van der Waals surface area (Å²) in [5.74, 6) is -2.15. The summed E-state index contributed by atoms with van der Waals surface area (Å²) in [6.45, 7) is 5.69. The van der Waals surface area contributed by atoms with Crippen LogP contribution in [-0.4, -0.2) is 29.3 Å². The SMILES string of the molecule is CC(C)[C@@H](C)C(=O)C(=O)NCCCC(=O)O. The zero-order valence-electron chi connectivity index (χ0n) is 9.95. The molecule has 92 valence electrons. The van der Waals surface area contributed by atoms with Crippen LogP contribution in [0.5, 0.6) is 0 Å². The molecule has 0 aliphatic carbocycles. The minimum absolute atomic E-state index is 0.00575. The third kappa shape index (κ3) is 5.48. The Morgan fingerprint density at radius 2 is 1.75 bits per heavy atom. The van der Waals surface area contributed by atoms with Crippen LogP contribution in [0.15, 0.2) is 0 Å². The van der Waals surface area contributed by atoms with Crippen LogP contribution in [-0.2, 0) is 14.4 Å². The summed E-state index contributed by atoms with van der Waals surface area (Å²) in [6, 6.07) is 0. The third-order valence-electron chi connectivity index (χ3n) is 2.49. The molecular weight excluding hydrogens is 210 g/mol. The molecule has 0 aromatic heterocycles. The Kier molecular flexibility index (Phi) is 6.37. The summed E-state index contributed by atoms with van der Waals surface area (Å²) < 4.78 is 0. The lowest BCUT2D eigenvalue weighted by molar-refractivity contribution is -0.140. The second-order valence-corrected chi connectivity index (χ2v) is 4.15. The fraction of sp³-hybridized carbons (Fsp3) is 0.727. The van der Waals surface area contributed by atoms with Gasteiger partial charge in [0.05, 0.1) is 0 Å². The van der Waals surface area contributed by atoms with Crippen LogP contribution in [0.25, 0.3) is 0 Å². The number of aliphatic carboxylic acids is 1. The number of Topliss-reactive ketones (excluding diaryl/α,β-unsaturated/α-hetero) is 1. The number of nitrogens with one attached hydrogen (secondary N) is 1. The maximum Gasteiger partial charge on any atom is 0.303 e. The first-order valence-corrected chi connectivity index (χ1v) is 5.40. The quantitative estimate of drug-likeness (QED) is 0.500. The number of rotatable bonds is 7. The Bertz CT molecular complexity index is 273. The molecule has 16 heavy (non-hydrogen) atoms. The van der Waals surface area contributed by atoms with Crippen molar-refractivity contribution in [1.29, 1.82) is 0 Å². The molecule has 0 unspecified atom stereocenters. The number of carboxylic acid groups (broad SMARTS) is 1. The Hall–Kier alpha value is -1.39. The van der Waals surface area contributed by atoms with Crippen molar-refractivity contribution in [1.82, 2.24) is 5.32 Å². The van der Waals surface area contributed by atoms with Crippen molar-refractivity contribution in [2.24, 2.45) is 11.8 Å². The number of ketones is 1. The molecule has 0 aliphatic rings. The fourth-order valence-corrected chi connectivity index (χ4v) is 1.04. The van der Waals surface area contributed by atoms with Crippen molar-refractivity contribution >= 4 is 17.7 Å². The molecule has 0 saturated heterocycles. The van der Waals surface area contributed by atoms with Gasteiger partial charge in [0.25, 0.3) is 5.91 Å². The molecule has 1 amide bonds. The Labute approximate surface area is 95.2 Å². The highest BCUT2D eigenvalue weighted by molar-refractivity contribution is 6.36. The molecule has 0 bridgehead atoms. The molecule has 5 heteroatoms. The molecule has 0 aromatic rings. The van der Waals surface area contributed by atoms with Crippen molar-refractivity contribution in [3.8, 4) is 0 Å². The first-order chi connectivity index (χ1) is 7.36. The average Bonchev–Trinajstić information content (AvgIpc) is 2.21. The summed E-state index contributed by atoms with van der Waals surface area (Å²) in [5.41, 5.74) is 0. The number of carbonyl (C=O) groups is 3. The van der Waals surface area contributed by atoms with E-state index in [0.717, 1.165) is 0 Å². The average molecular weight is 229 g/mol. The molecule has 2 N–H and O–H groups in total. The lowest BCUT2D eigenvalue weighted by Gasteiger charge is -2.13. The minimum Gasteiger partial charge on any atom is -0.481 e. The van der Waals surface area contributed by atoms with Gasteiger partial charge in [0.15, 0.2) is 0 Å². The van der Waals surface area contributed by atoms with E-state index in [0.29, 0.717) is 6.42 Å². The second kappa shape index (κ2) is 6.98. The highest BCUT2D eigenvalue weighted by Gasteiger charge is 2.23. The van der Waals surface area contributed by atoms with Crippen LogP contribution >= 0.6 is 0 Å². The standard InChI is InChI=1S/C11H19NO4/c1-7(2)8(3)10(15)11(16)12-6-4-5-9(13)14/h7-8H,4-6H2,1-3H3,(H,12,16)(H,13,14)/t8-/m1/s1. The van der Waals surface area contributed by atoms with E-state index in [1.54, 1.807) is 6.92 Å². The van der Waals surface area contributed by atoms with Gasteiger partial charge in [0.2, 0.25) is 5.78 Å². The van der Waals surface area contributed by atoms with Crippen molar-refractivity contribution in [2.45, 2.75) is 33.6 Å². The van der Waals surface area contributed by atoms with E-state index in [1.807, 2.05) is 13.8 Å². The zero-order valence-corrected chi connectivity index (χ0v) is 9.95. The molecule has 0 aromatic carbocycles. The van der Waals surface area contributed by atoms with E-state index >= 15 is 0 Å². The van der Waals surface area contributed by atoms with E-state index in [4.69, 9.17) is 5.11 Å². The van der Waals surface area contributed by atoms with E-state index in [-0.39, 0.29) is 24.8 Å². The highest BCUT2D eigenvalue weighted by Crippen LogP contribution is 2.10. The van der Waals surface area contributed by atoms with Gasteiger partial charge in [-0.3, -0.25) is 14.4 Å². The van der Waals surface area contributed by atoms with Gasteiger partial charge in [-0.1, -0.05) is 20.8 Å². The van der Waals surface area contributed by atoms with Gasteiger partial charge < -0.3 is 10.4 Å². The van der Waals surface area contributed by atoms with Crippen LogP contribution in [0.2, 0.25) is 0 Å². The fourth-order valence-electron chi connectivity index (χ4n) is 1.04. The van der Waals surface area contributed by atoms with Gasteiger partial charge in [0.1, 0.15) is 0 Å². The van der Waals surface area contributed by atoms with E-state index in [1.165, 1.54) is 0 Å². The first-order valence-electron chi connectivity index (χ1n) is 5.40. The van der Waals surface area contributed by atoms with Crippen molar-refractivity contribution < 1.29 is 19.5 Å². The van der Waals surface area contributed by atoms with Gasteiger partial charge in [-0.05, 0) is 12.3 Å². The molecule has 0 rings (SSSR count). The van der Waals surface area contributed by atoms with Crippen LogP contribution in [0.4, 0.5) is 0 Å². The van der Waals surface area contributed by atoms with Crippen molar-refractivity contribution in [3.63, 3.8) is 0 Å². The largest absolute Gasteiger partial charge is 0.481 e. The Morgan fingerprint density at radius 1 is 1.19 bits per heavy atom. The number of carbonyl (C=O) groups excluding carboxylic acids is 2. The highest BCUT2D eigenvalue weighted by atomic mass is 16.4. The van der Waals surface area contributed by atoms with Crippen molar-refractivity contribution in [2.75, 3.05) is 6.54 Å². The predicted octanol–water partition coefficient (Wildman–Crippen LogP) is 0.829. The lowest BCUT2D eigenvalue weighted by Crippen LogP contribution is -2.36. The van der Waals surface area contributed by atoms with Gasteiger partial charge in [0, 0.05) is 18.9 Å². The molecule has 0 spiro atoms. The van der Waals surface area contributed by atoms with Crippen molar-refractivity contribution in [3.05, 3.63) is 0 Å². The lowest BCUT2D eigenvalue weighted by atomic mass is 9.93. The summed E-state index contributed by atoms with van der Waals surface area (Å²) in [5, 5.41) is 10.8. The van der Waals surface area contributed by atoms with Gasteiger partial charge in [-0.2, -0.15) is 0 Å². The Balaban J connectivity index is 3.89. The third-order valence-corrected chi connectivity index (χ3v) is 2.49. The Morgan fingerprint density at radius 3 is 2.19 bits per heavy atom. The molecule has 0 saturated carbocycles. The number of hydrogen-bond donors (Lipinski definition) is 2. The summed E-state index contributed by atoms with van der Waals surface area (Å²) in [4.78, 5) is 33.0. The van der Waals surface area contributed by atoms with Gasteiger partial charge in [-0.25, -0.2) is 0 Å². The van der Waals surface area contributed by atoms with Gasteiger partial charge in [-0.15, -0.1) is 0 Å². The molecule has 1 atom stereocenters. The molecule has 0 aliphatic heterocycles. The number of hydrogen-bond acceptors (Lipinski definition) is 3. The molecular formula is C11H19NO4. The smallest absolute Gasteiger partial charge is 0.303 e. The van der Waals surface area contributed by atoms with Gasteiger partial charge >= 0.3 is 5.97 Å². The molecule has 5 nitrogen and oxygen atoms in total. The predicted molar refractivity (Wildman–Crippen MR) is 58.9 cm³/mol.